The van der Waals surface area contributed by atoms with E-state index >= 15 is 0 Å². The van der Waals surface area contributed by atoms with Gasteiger partial charge in [-0.15, -0.1) is 11.8 Å². The van der Waals surface area contributed by atoms with Crippen molar-refractivity contribution in [2.45, 2.75) is 43.7 Å². The van der Waals surface area contributed by atoms with Crippen LogP contribution in [0.1, 0.15) is 31.7 Å². The molecule has 0 atom stereocenters. The van der Waals surface area contributed by atoms with Gasteiger partial charge in [0.2, 0.25) is 0 Å². The van der Waals surface area contributed by atoms with E-state index < -0.39 is 0 Å². The molecule has 1 N–H and O–H groups in total. The minimum Gasteiger partial charge on any atom is -0.310 e. The molecule has 0 radical (unpaired) electrons. The maximum absolute atomic E-state index is 3.58. The first-order valence-corrected chi connectivity index (χ1v) is 6.82. The number of thioether (sulfide) groups is 1. The van der Waals surface area contributed by atoms with Crippen LogP contribution in [-0.2, 0) is 6.54 Å². The molecule has 0 heterocycles. The molecule has 0 amide bonds. The van der Waals surface area contributed by atoms with Crippen LogP contribution < -0.4 is 5.32 Å². The zero-order valence-corrected chi connectivity index (χ0v) is 10.1. The van der Waals surface area contributed by atoms with E-state index in [1.807, 2.05) is 11.8 Å². The summed E-state index contributed by atoms with van der Waals surface area (Å²) in [6, 6.07) is 9.72. The summed E-state index contributed by atoms with van der Waals surface area (Å²) in [5, 5.41) is 3.58. The summed E-state index contributed by atoms with van der Waals surface area (Å²) in [6.45, 7) is 3.22. The third kappa shape index (κ3) is 3.25. The predicted octanol–water partition coefficient (Wildman–Crippen LogP) is 3.44. The van der Waals surface area contributed by atoms with Crippen molar-refractivity contribution in [3.05, 3.63) is 29.8 Å². The number of hydrogen-bond donors (Lipinski definition) is 1. The van der Waals surface area contributed by atoms with Gasteiger partial charge in [0.1, 0.15) is 0 Å². The van der Waals surface area contributed by atoms with Gasteiger partial charge in [-0.3, -0.25) is 0 Å². The zero-order valence-electron chi connectivity index (χ0n) is 9.33. The first-order valence-electron chi connectivity index (χ1n) is 5.83. The van der Waals surface area contributed by atoms with E-state index in [0.717, 1.165) is 18.3 Å². The Bertz CT molecular complexity index is 290. The lowest BCUT2D eigenvalue weighted by molar-refractivity contribution is 0.338. The maximum atomic E-state index is 3.58. The zero-order chi connectivity index (χ0) is 10.5. The summed E-state index contributed by atoms with van der Waals surface area (Å²) >= 11 is 1.90. The minimum atomic E-state index is 0.787. The van der Waals surface area contributed by atoms with Crippen molar-refractivity contribution >= 4 is 11.8 Å². The van der Waals surface area contributed by atoms with Gasteiger partial charge in [0.15, 0.2) is 0 Å². The van der Waals surface area contributed by atoms with E-state index in [4.69, 9.17) is 0 Å². The molecule has 15 heavy (non-hydrogen) atoms. The van der Waals surface area contributed by atoms with Gasteiger partial charge in [0, 0.05) is 17.5 Å². The fraction of sp³-hybridized carbons (Fsp3) is 0.538. The Morgan fingerprint density at radius 1 is 1.27 bits per heavy atom. The highest BCUT2D eigenvalue weighted by atomic mass is 32.2. The average Bonchev–Trinajstić information content (AvgIpc) is 2.19. The average molecular weight is 221 g/mol. The maximum Gasteiger partial charge on any atom is 0.0208 e. The van der Waals surface area contributed by atoms with Crippen LogP contribution in [0.25, 0.3) is 0 Å². The second-order valence-corrected chi connectivity index (χ2v) is 5.42. The summed E-state index contributed by atoms with van der Waals surface area (Å²) in [4.78, 5) is 1.38. The fourth-order valence-electron chi connectivity index (χ4n) is 1.74. The van der Waals surface area contributed by atoms with E-state index in [1.165, 1.54) is 29.7 Å². The lowest BCUT2D eigenvalue weighted by Crippen LogP contribution is -2.34. The molecule has 2 heteroatoms. The monoisotopic (exact) mass is 221 g/mol. The van der Waals surface area contributed by atoms with Crippen molar-refractivity contribution in [1.29, 1.82) is 0 Å². The van der Waals surface area contributed by atoms with Crippen LogP contribution in [0.3, 0.4) is 0 Å². The van der Waals surface area contributed by atoms with Gasteiger partial charge in [0.05, 0.1) is 0 Å². The van der Waals surface area contributed by atoms with Crippen LogP contribution in [0.15, 0.2) is 29.2 Å². The third-order valence-electron chi connectivity index (χ3n) is 2.93. The van der Waals surface area contributed by atoms with Crippen LogP contribution in [0.4, 0.5) is 0 Å². The molecule has 1 aliphatic carbocycles. The van der Waals surface area contributed by atoms with Gasteiger partial charge >= 0.3 is 0 Å². The molecule has 0 unspecified atom stereocenters. The number of benzene rings is 1. The van der Waals surface area contributed by atoms with Gasteiger partial charge in [-0.1, -0.05) is 25.5 Å². The molecule has 1 aromatic rings. The summed E-state index contributed by atoms with van der Waals surface area (Å²) in [5.41, 5.74) is 1.40. The third-order valence-corrected chi connectivity index (χ3v) is 3.83. The van der Waals surface area contributed by atoms with Gasteiger partial charge in [0.25, 0.3) is 0 Å². The highest BCUT2D eigenvalue weighted by Crippen LogP contribution is 2.20. The molecule has 1 nitrogen and oxygen atoms in total. The number of nitrogens with one attached hydrogen (secondary N) is 1. The van der Waals surface area contributed by atoms with Crippen LogP contribution in [0.2, 0.25) is 0 Å². The van der Waals surface area contributed by atoms with E-state index in [2.05, 4.69) is 36.5 Å². The molecule has 1 saturated carbocycles. The second kappa shape index (κ2) is 5.57. The number of rotatable bonds is 5. The van der Waals surface area contributed by atoms with Gasteiger partial charge in [-0.05, 0) is 36.3 Å². The first kappa shape index (κ1) is 11.0. The Hall–Kier alpha value is -0.470. The molecule has 0 saturated heterocycles. The lowest BCUT2D eigenvalue weighted by Gasteiger charge is -2.26. The Morgan fingerprint density at radius 3 is 2.53 bits per heavy atom. The highest BCUT2D eigenvalue weighted by Gasteiger charge is 2.15. The summed E-state index contributed by atoms with van der Waals surface area (Å²) in [7, 11) is 0. The smallest absolute Gasteiger partial charge is 0.0208 e. The predicted molar refractivity (Wildman–Crippen MR) is 67.3 cm³/mol. The Morgan fingerprint density at radius 2 is 2.00 bits per heavy atom. The number of hydrogen-bond acceptors (Lipinski definition) is 2. The van der Waals surface area contributed by atoms with E-state index in [9.17, 15) is 0 Å². The molecule has 0 bridgehead atoms. The Labute approximate surface area is 96.7 Å². The Kier molecular flexibility index (Phi) is 4.09. The molecule has 0 aromatic heterocycles. The van der Waals surface area contributed by atoms with Crippen molar-refractivity contribution in [2.24, 2.45) is 0 Å². The van der Waals surface area contributed by atoms with Crippen LogP contribution in [0.5, 0.6) is 0 Å². The molecule has 2 rings (SSSR count). The van der Waals surface area contributed by atoms with Crippen LogP contribution >= 0.6 is 11.8 Å². The molecular weight excluding hydrogens is 202 g/mol. The van der Waals surface area contributed by atoms with Gasteiger partial charge < -0.3 is 5.32 Å². The SMILES string of the molecule is CCSc1ccc(CNC2CCC2)cc1. The van der Waals surface area contributed by atoms with Crippen LogP contribution in [-0.4, -0.2) is 11.8 Å². The quantitative estimate of drug-likeness (QED) is 0.764. The van der Waals surface area contributed by atoms with Crippen LogP contribution in [0, 0.1) is 0 Å². The second-order valence-electron chi connectivity index (χ2n) is 4.09. The van der Waals surface area contributed by atoms with Gasteiger partial charge in [-0.2, -0.15) is 0 Å². The molecule has 1 fully saturated rings. The molecule has 82 valence electrons. The van der Waals surface area contributed by atoms with Crippen molar-refractivity contribution in [2.75, 3.05) is 5.75 Å². The molecular formula is C13H19NS. The largest absolute Gasteiger partial charge is 0.310 e. The topological polar surface area (TPSA) is 12.0 Å². The first-order chi connectivity index (χ1) is 7.38. The van der Waals surface area contributed by atoms with Crippen molar-refractivity contribution in [3.8, 4) is 0 Å². The van der Waals surface area contributed by atoms with Crippen molar-refractivity contribution in [3.63, 3.8) is 0 Å². The molecule has 0 spiro atoms. The molecule has 1 aromatic carbocycles. The van der Waals surface area contributed by atoms with Gasteiger partial charge in [-0.25, -0.2) is 0 Å². The lowest BCUT2D eigenvalue weighted by atomic mass is 9.93. The van der Waals surface area contributed by atoms with Crippen molar-refractivity contribution in [1.82, 2.24) is 5.32 Å². The normalized spacial score (nSPS) is 16.3. The van der Waals surface area contributed by atoms with E-state index in [0.29, 0.717) is 0 Å². The summed E-state index contributed by atoms with van der Waals surface area (Å²) in [5.74, 6) is 1.15. The standard InChI is InChI=1S/C13H19NS/c1-2-15-13-8-6-11(7-9-13)10-14-12-4-3-5-12/h6-9,12,14H,2-5,10H2,1H3. The summed E-state index contributed by atoms with van der Waals surface area (Å²) < 4.78 is 0. The summed E-state index contributed by atoms with van der Waals surface area (Å²) in [6.07, 6.45) is 4.14. The Balaban J connectivity index is 1.80. The molecule has 0 aliphatic heterocycles. The minimum absolute atomic E-state index is 0.787. The fourth-order valence-corrected chi connectivity index (χ4v) is 2.41. The molecule has 1 aliphatic rings. The van der Waals surface area contributed by atoms with Crippen molar-refractivity contribution < 1.29 is 0 Å². The van der Waals surface area contributed by atoms with E-state index in [-0.39, 0.29) is 0 Å². The highest BCUT2D eigenvalue weighted by molar-refractivity contribution is 7.99. The van der Waals surface area contributed by atoms with E-state index in [1.54, 1.807) is 0 Å².